The molecular formula is C13H18ClN3O. The second-order valence-corrected chi connectivity index (χ2v) is 4.95. The Kier molecular flexibility index (Phi) is 4.44. The first-order chi connectivity index (χ1) is 8.69. The molecule has 1 saturated heterocycles. The minimum atomic E-state index is -0.0442. The number of carbonyl (C=O) groups is 1. The van der Waals surface area contributed by atoms with E-state index in [1.807, 2.05) is 11.9 Å². The van der Waals surface area contributed by atoms with E-state index >= 15 is 0 Å². The molecule has 4 nitrogen and oxygen atoms in total. The number of rotatable bonds is 2. The SMILES string of the molecule is CN[C@H]1CCCN(C(=O)Nc2ccc(Cl)cc2)C1. The summed E-state index contributed by atoms with van der Waals surface area (Å²) in [6.07, 6.45) is 2.17. The lowest BCUT2D eigenvalue weighted by Gasteiger charge is -2.32. The molecule has 0 aromatic heterocycles. The molecule has 5 heteroatoms. The first kappa shape index (κ1) is 13.2. The van der Waals surface area contributed by atoms with Crippen LogP contribution in [0.1, 0.15) is 12.8 Å². The molecule has 1 aromatic carbocycles. The number of carbonyl (C=O) groups excluding carboxylic acids is 1. The summed E-state index contributed by atoms with van der Waals surface area (Å²) in [4.78, 5) is 13.9. The Morgan fingerprint density at radius 2 is 2.11 bits per heavy atom. The number of hydrogen-bond acceptors (Lipinski definition) is 2. The summed E-state index contributed by atoms with van der Waals surface area (Å²) in [6, 6.07) is 7.50. The van der Waals surface area contributed by atoms with Gasteiger partial charge >= 0.3 is 6.03 Å². The van der Waals surface area contributed by atoms with Gasteiger partial charge in [-0.15, -0.1) is 0 Å². The van der Waals surface area contributed by atoms with Gasteiger partial charge in [0.2, 0.25) is 0 Å². The highest BCUT2D eigenvalue weighted by atomic mass is 35.5. The number of hydrogen-bond donors (Lipinski definition) is 2. The maximum Gasteiger partial charge on any atom is 0.321 e. The van der Waals surface area contributed by atoms with Crippen LogP contribution < -0.4 is 10.6 Å². The molecule has 1 aliphatic rings. The zero-order valence-electron chi connectivity index (χ0n) is 10.4. The Bertz CT molecular complexity index is 407. The van der Waals surface area contributed by atoms with Crippen molar-refractivity contribution < 1.29 is 4.79 Å². The van der Waals surface area contributed by atoms with Gasteiger partial charge < -0.3 is 15.5 Å². The third-order valence-corrected chi connectivity index (χ3v) is 3.46. The fourth-order valence-corrected chi connectivity index (χ4v) is 2.26. The van der Waals surface area contributed by atoms with Gasteiger partial charge in [0, 0.05) is 29.8 Å². The molecule has 1 fully saturated rings. The standard InChI is InChI=1S/C13H18ClN3O/c1-15-12-3-2-8-17(9-12)13(18)16-11-6-4-10(14)5-7-11/h4-7,12,15H,2-3,8-9H2,1H3,(H,16,18)/t12-/m0/s1. The molecule has 0 spiro atoms. The van der Waals surface area contributed by atoms with Crippen molar-refractivity contribution in [3.8, 4) is 0 Å². The van der Waals surface area contributed by atoms with E-state index < -0.39 is 0 Å². The van der Waals surface area contributed by atoms with Gasteiger partial charge in [0.1, 0.15) is 0 Å². The van der Waals surface area contributed by atoms with Crippen molar-refractivity contribution >= 4 is 23.3 Å². The predicted octanol–water partition coefficient (Wildman–Crippen LogP) is 2.56. The van der Waals surface area contributed by atoms with Crippen molar-refractivity contribution in [2.45, 2.75) is 18.9 Å². The molecule has 0 unspecified atom stereocenters. The number of nitrogens with zero attached hydrogens (tertiary/aromatic N) is 1. The molecule has 2 amide bonds. The van der Waals surface area contributed by atoms with Gasteiger partial charge in [0.15, 0.2) is 0 Å². The Labute approximate surface area is 112 Å². The lowest BCUT2D eigenvalue weighted by molar-refractivity contribution is 0.187. The topological polar surface area (TPSA) is 44.4 Å². The molecule has 0 bridgehead atoms. The van der Waals surface area contributed by atoms with Crippen LogP contribution in [0.5, 0.6) is 0 Å². The zero-order valence-corrected chi connectivity index (χ0v) is 11.2. The monoisotopic (exact) mass is 267 g/mol. The number of likely N-dealkylation sites (tertiary alicyclic amines) is 1. The molecule has 1 atom stereocenters. The quantitative estimate of drug-likeness (QED) is 0.865. The lowest BCUT2D eigenvalue weighted by Crippen LogP contribution is -2.48. The molecule has 2 rings (SSSR count). The maximum atomic E-state index is 12.1. The van der Waals surface area contributed by atoms with E-state index in [-0.39, 0.29) is 6.03 Å². The fourth-order valence-electron chi connectivity index (χ4n) is 2.13. The molecule has 0 saturated carbocycles. The van der Waals surface area contributed by atoms with Crippen LogP contribution in [-0.2, 0) is 0 Å². The van der Waals surface area contributed by atoms with Gasteiger partial charge in [-0.05, 0) is 44.2 Å². The molecule has 98 valence electrons. The Balaban J connectivity index is 1.93. The Morgan fingerprint density at radius 3 is 2.78 bits per heavy atom. The normalized spacial score (nSPS) is 19.7. The number of amides is 2. The van der Waals surface area contributed by atoms with Gasteiger partial charge in [0.05, 0.1) is 0 Å². The highest BCUT2D eigenvalue weighted by Crippen LogP contribution is 2.15. The molecule has 1 aromatic rings. The number of piperidine rings is 1. The average Bonchev–Trinajstić information content (AvgIpc) is 2.41. The van der Waals surface area contributed by atoms with Crippen LogP contribution in [0, 0.1) is 0 Å². The second-order valence-electron chi connectivity index (χ2n) is 4.51. The van der Waals surface area contributed by atoms with E-state index in [1.54, 1.807) is 24.3 Å². The Morgan fingerprint density at radius 1 is 1.39 bits per heavy atom. The minimum Gasteiger partial charge on any atom is -0.323 e. The van der Waals surface area contributed by atoms with Crippen molar-refractivity contribution in [2.24, 2.45) is 0 Å². The van der Waals surface area contributed by atoms with Gasteiger partial charge in [-0.1, -0.05) is 11.6 Å². The van der Waals surface area contributed by atoms with Crippen molar-refractivity contribution in [1.82, 2.24) is 10.2 Å². The highest BCUT2D eigenvalue weighted by Gasteiger charge is 2.22. The number of benzene rings is 1. The van der Waals surface area contributed by atoms with Crippen LogP contribution in [0.2, 0.25) is 5.02 Å². The summed E-state index contributed by atoms with van der Waals surface area (Å²) >= 11 is 5.80. The molecular weight excluding hydrogens is 250 g/mol. The van der Waals surface area contributed by atoms with E-state index in [0.29, 0.717) is 11.1 Å². The van der Waals surface area contributed by atoms with Gasteiger partial charge in [0.25, 0.3) is 0 Å². The molecule has 18 heavy (non-hydrogen) atoms. The van der Waals surface area contributed by atoms with Crippen molar-refractivity contribution in [2.75, 3.05) is 25.5 Å². The van der Waals surface area contributed by atoms with Crippen LogP contribution in [0.4, 0.5) is 10.5 Å². The number of likely N-dealkylation sites (N-methyl/N-ethyl adjacent to an activating group) is 1. The van der Waals surface area contributed by atoms with Crippen molar-refractivity contribution in [1.29, 1.82) is 0 Å². The fraction of sp³-hybridized carbons (Fsp3) is 0.462. The van der Waals surface area contributed by atoms with Gasteiger partial charge in [-0.3, -0.25) is 0 Å². The number of anilines is 1. The minimum absolute atomic E-state index is 0.0442. The van der Waals surface area contributed by atoms with E-state index in [2.05, 4.69) is 10.6 Å². The van der Waals surface area contributed by atoms with Crippen molar-refractivity contribution in [3.63, 3.8) is 0 Å². The van der Waals surface area contributed by atoms with E-state index in [4.69, 9.17) is 11.6 Å². The number of nitrogens with one attached hydrogen (secondary N) is 2. The zero-order chi connectivity index (χ0) is 13.0. The molecule has 2 N–H and O–H groups in total. The first-order valence-corrected chi connectivity index (χ1v) is 6.55. The summed E-state index contributed by atoms with van der Waals surface area (Å²) in [7, 11) is 1.94. The molecule has 1 aliphatic heterocycles. The smallest absolute Gasteiger partial charge is 0.321 e. The summed E-state index contributed by atoms with van der Waals surface area (Å²) < 4.78 is 0. The number of halogens is 1. The van der Waals surface area contributed by atoms with Crippen LogP contribution in [-0.4, -0.2) is 37.1 Å². The van der Waals surface area contributed by atoms with Crippen LogP contribution in [0.25, 0.3) is 0 Å². The van der Waals surface area contributed by atoms with E-state index in [0.717, 1.165) is 31.6 Å². The Hall–Kier alpha value is -1.26. The summed E-state index contributed by atoms with van der Waals surface area (Å²) in [5.41, 5.74) is 0.774. The lowest BCUT2D eigenvalue weighted by atomic mass is 10.1. The third kappa shape index (κ3) is 3.37. The van der Waals surface area contributed by atoms with Crippen LogP contribution >= 0.6 is 11.6 Å². The van der Waals surface area contributed by atoms with Gasteiger partial charge in [-0.2, -0.15) is 0 Å². The van der Waals surface area contributed by atoms with E-state index in [9.17, 15) is 4.79 Å². The van der Waals surface area contributed by atoms with Crippen LogP contribution in [0.15, 0.2) is 24.3 Å². The first-order valence-electron chi connectivity index (χ1n) is 6.18. The average molecular weight is 268 g/mol. The molecule has 1 heterocycles. The maximum absolute atomic E-state index is 12.1. The van der Waals surface area contributed by atoms with Crippen molar-refractivity contribution in [3.05, 3.63) is 29.3 Å². The number of urea groups is 1. The third-order valence-electron chi connectivity index (χ3n) is 3.21. The summed E-state index contributed by atoms with van der Waals surface area (Å²) in [6.45, 7) is 1.58. The predicted molar refractivity (Wildman–Crippen MR) is 74.1 cm³/mol. The highest BCUT2D eigenvalue weighted by molar-refractivity contribution is 6.30. The summed E-state index contributed by atoms with van der Waals surface area (Å²) in [5, 5.41) is 6.77. The largest absolute Gasteiger partial charge is 0.323 e. The van der Waals surface area contributed by atoms with Crippen LogP contribution in [0.3, 0.4) is 0 Å². The molecule has 0 aliphatic carbocycles. The molecule has 0 radical (unpaired) electrons. The van der Waals surface area contributed by atoms with Gasteiger partial charge in [-0.25, -0.2) is 4.79 Å². The summed E-state index contributed by atoms with van der Waals surface area (Å²) in [5.74, 6) is 0. The second kappa shape index (κ2) is 6.07. The van der Waals surface area contributed by atoms with E-state index in [1.165, 1.54) is 0 Å².